The van der Waals surface area contributed by atoms with Crippen molar-refractivity contribution in [3.63, 3.8) is 0 Å². The van der Waals surface area contributed by atoms with Gasteiger partial charge >= 0.3 is 5.97 Å². The highest BCUT2D eigenvalue weighted by molar-refractivity contribution is 5.75. The average molecular weight is 280 g/mol. The lowest BCUT2D eigenvalue weighted by atomic mass is 9.84. The lowest BCUT2D eigenvalue weighted by Gasteiger charge is -2.22. The Morgan fingerprint density at radius 1 is 1.35 bits per heavy atom. The second kappa shape index (κ2) is 6.61. The van der Waals surface area contributed by atoms with Crippen LogP contribution in [-0.2, 0) is 9.53 Å². The van der Waals surface area contributed by atoms with Crippen LogP contribution < -0.4 is 9.47 Å². The van der Waals surface area contributed by atoms with E-state index in [1.54, 1.807) is 0 Å². The molecule has 1 N–H and O–H groups in total. The van der Waals surface area contributed by atoms with Crippen molar-refractivity contribution in [1.82, 2.24) is 0 Å². The molecule has 1 heterocycles. The van der Waals surface area contributed by atoms with Crippen LogP contribution >= 0.6 is 0 Å². The number of para-hydroxylation sites is 2. The maximum atomic E-state index is 11.4. The fraction of sp³-hybridized carbons (Fsp3) is 0.533. The second-order valence-corrected chi connectivity index (χ2v) is 4.87. The third kappa shape index (κ3) is 3.22. The molecule has 1 saturated heterocycles. The highest BCUT2D eigenvalue weighted by Crippen LogP contribution is 2.34. The topological polar surface area (TPSA) is 65.0 Å². The molecule has 1 fully saturated rings. The van der Waals surface area contributed by atoms with Crippen LogP contribution in [0.2, 0.25) is 0 Å². The van der Waals surface area contributed by atoms with Gasteiger partial charge in [0.1, 0.15) is 0 Å². The number of carbonyl (C=O) groups is 1. The lowest BCUT2D eigenvalue weighted by molar-refractivity contribution is -0.149. The van der Waals surface area contributed by atoms with Gasteiger partial charge in [0.25, 0.3) is 0 Å². The zero-order chi connectivity index (χ0) is 14.4. The molecule has 5 heteroatoms. The summed E-state index contributed by atoms with van der Waals surface area (Å²) < 4.78 is 16.4. The minimum Gasteiger partial charge on any atom is -0.490 e. The van der Waals surface area contributed by atoms with Crippen molar-refractivity contribution < 1.29 is 24.1 Å². The molecule has 1 atom stereocenters. The molecule has 0 spiro atoms. The van der Waals surface area contributed by atoms with Gasteiger partial charge < -0.3 is 19.3 Å². The van der Waals surface area contributed by atoms with Gasteiger partial charge in [-0.05, 0) is 31.9 Å². The normalized spacial score (nSPS) is 21.6. The van der Waals surface area contributed by atoms with Crippen molar-refractivity contribution in [3.8, 4) is 11.5 Å². The summed E-state index contributed by atoms with van der Waals surface area (Å²) >= 11 is 0. The van der Waals surface area contributed by atoms with Crippen LogP contribution in [0, 0.1) is 5.41 Å². The van der Waals surface area contributed by atoms with Gasteiger partial charge in [-0.15, -0.1) is 0 Å². The zero-order valence-corrected chi connectivity index (χ0v) is 11.6. The first-order chi connectivity index (χ1) is 9.68. The molecule has 0 aliphatic carbocycles. The van der Waals surface area contributed by atoms with Crippen LogP contribution in [-0.4, -0.2) is 37.5 Å². The first kappa shape index (κ1) is 14.7. The van der Waals surface area contributed by atoms with Crippen molar-refractivity contribution in [2.45, 2.75) is 19.8 Å². The predicted octanol–water partition coefficient (Wildman–Crippen LogP) is 2.35. The van der Waals surface area contributed by atoms with Gasteiger partial charge in [0, 0.05) is 6.61 Å². The van der Waals surface area contributed by atoms with Gasteiger partial charge in [-0.2, -0.15) is 0 Å². The van der Waals surface area contributed by atoms with Crippen molar-refractivity contribution >= 4 is 5.97 Å². The highest BCUT2D eigenvalue weighted by atomic mass is 16.5. The Labute approximate surface area is 118 Å². The quantitative estimate of drug-likeness (QED) is 0.830. The van der Waals surface area contributed by atoms with Crippen LogP contribution in [0.5, 0.6) is 11.5 Å². The van der Waals surface area contributed by atoms with Gasteiger partial charge in [0.05, 0.1) is 25.2 Å². The van der Waals surface area contributed by atoms with Crippen LogP contribution in [0.1, 0.15) is 19.8 Å². The number of benzene rings is 1. The summed E-state index contributed by atoms with van der Waals surface area (Å²) in [6.07, 6.45) is 0.974. The molecule has 110 valence electrons. The van der Waals surface area contributed by atoms with E-state index in [0.717, 1.165) is 0 Å². The van der Waals surface area contributed by atoms with E-state index in [2.05, 4.69) is 0 Å². The summed E-state index contributed by atoms with van der Waals surface area (Å²) in [6, 6.07) is 7.40. The number of carboxylic acid groups (broad SMARTS) is 1. The van der Waals surface area contributed by atoms with Gasteiger partial charge in [-0.1, -0.05) is 12.1 Å². The molecular formula is C15H20O5. The third-order valence-electron chi connectivity index (χ3n) is 3.54. The molecule has 1 aliphatic rings. The maximum absolute atomic E-state index is 11.4. The first-order valence-corrected chi connectivity index (χ1v) is 6.84. The molecule has 0 radical (unpaired) electrons. The largest absolute Gasteiger partial charge is 0.490 e. The zero-order valence-electron chi connectivity index (χ0n) is 11.6. The SMILES string of the molecule is CCOc1ccccc1OCCC1(C(=O)O)CCOC1. The van der Waals surface area contributed by atoms with Gasteiger partial charge in [0.15, 0.2) is 11.5 Å². The van der Waals surface area contributed by atoms with E-state index in [0.29, 0.717) is 44.2 Å². The lowest BCUT2D eigenvalue weighted by Crippen LogP contribution is -2.33. The second-order valence-electron chi connectivity index (χ2n) is 4.87. The van der Waals surface area contributed by atoms with Crippen LogP contribution in [0.15, 0.2) is 24.3 Å². The summed E-state index contributed by atoms with van der Waals surface area (Å²) in [5.74, 6) is 0.521. The molecule has 0 bridgehead atoms. The summed E-state index contributed by atoms with van der Waals surface area (Å²) in [7, 11) is 0. The standard InChI is InChI=1S/C15H20O5/c1-2-19-12-5-3-4-6-13(12)20-10-8-15(14(16)17)7-9-18-11-15/h3-6H,2,7-11H2,1H3,(H,16,17). The average Bonchev–Trinajstić information content (AvgIpc) is 2.91. The Hall–Kier alpha value is -1.75. The van der Waals surface area contributed by atoms with Crippen molar-refractivity contribution in [3.05, 3.63) is 24.3 Å². The summed E-state index contributed by atoms with van der Waals surface area (Å²) in [5.41, 5.74) is -0.805. The Bertz CT molecular complexity index is 451. The summed E-state index contributed by atoms with van der Waals surface area (Å²) in [6.45, 7) is 3.57. The Morgan fingerprint density at radius 2 is 2.05 bits per heavy atom. The van der Waals surface area contributed by atoms with E-state index in [1.807, 2.05) is 31.2 Å². The molecule has 0 saturated carbocycles. The molecule has 0 amide bonds. The highest BCUT2D eigenvalue weighted by Gasteiger charge is 2.42. The molecule has 2 rings (SSSR count). The molecule has 1 unspecified atom stereocenters. The van der Waals surface area contributed by atoms with E-state index in [1.165, 1.54) is 0 Å². The van der Waals surface area contributed by atoms with E-state index < -0.39 is 11.4 Å². The Morgan fingerprint density at radius 3 is 2.60 bits per heavy atom. The summed E-state index contributed by atoms with van der Waals surface area (Å²) in [4.78, 5) is 11.4. The van der Waals surface area contributed by atoms with E-state index >= 15 is 0 Å². The number of aliphatic carboxylic acids is 1. The number of hydrogen-bond acceptors (Lipinski definition) is 4. The van der Waals surface area contributed by atoms with Crippen LogP contribution in [0.4, 0.5) is 0 Å². The minimum absolute atomic E-state index is 0.263. The van der Waals surface area contributed by atoms with Crippen LogP contribution in [0.25, 0.3) is 0 Å². The number of rotatable bonds is 7. The molecule has 0 aromatic heterocycles. The summed E-state index contributed by atoms with van der Waals surface area (Å²) in [5, 5.41) is 9.34. The molecule has 1 aromatic rings. The number of ether oxygens (including phenoxy) is 3. The van der Waals surface area contributed by atoms with Crippen molar-refractivity contribution in [1.29, 1.82) is 0 Å². The minimum atomic E-state index is -0.809. The Kier molecular flexibility index (Phi) is 4.84. The van der Waals surface area contributed by atoms with E-state index in [9.17, 15) is 9.90 Å². The van der Waals surface area contributed by atoms with E-state index in [4.69, 9.17) is 14.2 Å². The maximum Gasteiger partial charge on any atom is 0.312 e. The monoisotopic (exact) mass is 280 g/mol. The predicted molar refractivity (Wildman–Crippen MR) is 73.2 cm³/mol. The molecule has 1 aromatic carbocycles. The fourth-order valence-electron chi connectivity index (χ4n) is 2.28. The molecule has 20 heavy (non-hydrogen) atoms. The van der Waals surface area contributed by atoms with Gasteiger partial charge in [-0.3, -0.25) is 4.79 Å². The molecule has 5 nitrogen and oxygen atoms in total. The number of hydrogen-bond donors (Lipinski definition) is 1. The molecule has 1 aliphatic heterocycles. The smallest absolute Gasteiger partial charge is 0.312 e. The first-order valence-electron chi connectivity index (χ1n) is 6.84. The van der Waals surface area contributed by atoms with Gasteiger partial charge in [-0.25, -0.2) is 0 Å². The van der Waals surface area contributed by atoms with Crippen molar-refractivity contribution in [2.75, 3.05) is 26.4 Å². The molecular weight excluding hydrogens is 260 g/mol. The van der Waals surface area contributed by atoms with E-state index in [-0.39, 0.29) is 6.61 Å². The third-order valence-corrected chi connectivity index (χ3v) is 3.54. The number of carboxylic acids is 1. The fourth-order valence-corrected chi connectivity index (χ4v) is 2.28. The van der Waals surface area contributed by atoms with Crippen LogP contribution in [0.3, 0.4) is 0 Å². The Balaban J connectivity index is 1.94. The van der Waals surface area contributed by atoms with Gasteiger partial charge in [0.2, 0.25) is 0 Å². The van der Waals surface area contributed by atoms with Crippen molar-refractivity contribution in [2.24, 2.45) is 5.41 Å².